The maximum atomic E-state index is 12.5. The molecule has 7 nitrogen and oxygen atoms in total. The summed E-state index contributed by atoms with van der Waals surface area (Å²) in [5.41, 5.74) is 1.32. The van der Waals surface area contributed by atoms with Gasteiger partial charge in [0.05, 0.1) is 12.3 Å². The zero-order valence-corrected chi connectivity index (χ0v) is 19.4. The van der Waals surface area contributed by atoms with Crippen molar-refractivity contribution < 1.29 is 19.1 Å². The second-order valence-electron chi connectivity index (χ2n) is 8.46. The van der Waals surface area contributed by atoms with Gasteiger partial charge >= 0.3 is 6.03 Å². The average Bonchev–Trinajstić information content (AvgIpc) is 2.82. The number of rotatable bonds is 8. The molecule has 0 unspecified atom stereocenters. The van der Waals surface area contributed by atoms with Gasteiger partial charge in [-0.25, -0.2) is 4.79 Å². The normalized spacial score (nSPS) is 16.0. The first-order chi connectivity index (χ1) is 16.1. The lowest BCUT2D eigenvalue weighted by Gasteiger charge is -2.30. The largest absolute Gasteiger partial charge is 0.494 e. The van der Waals surface area contributed by atoms with Crippen LogP contribution in [0, 0.1) is 0 Å². The summed E-state index contributed by atoms with van der Waals surface area (Å²) in [6.45, 7) is 1.12. The number of urea groups is 1. The average molecular weight is 472 g/mol. The maximum Gasteiger partial charge on any atom is 0.319 e. The van der Waals surface area contributed by atoms with Crippen LogP contribution in [0.2, 0.25) is 5.02 Å². The van der Waals surface area contributed by atoms with Gasteiger partial charge in [-0.15, -0.1) is 0 Å². The van der Waals surface area contributed by atoms with Gasteiger partial charge in [0.25, 0.3) is 5.91 Å². The summed E-state index contributed by atoms with van der Waals surface area (Å²) in [4.78, 5) is 26.7. The minimum absolute atomic E-state index is 0.0171. The van der Waals surface area contributed by atoms with Crippen molar-refractivity contribution in [2.75, 3.05) is 30.0 Å². The molecule has 0 saturated heterocycles. The summed E-state index contributed by atoms with van der Waals surface area (Å²) in [5.74, 6) is 1.32. The van der Waals surface area contributed by atoms with E-state index in [-0.39, 0.29) is 24.6 Å². The first-order valence-corrected chi connectivity index (χ1v) is 12.0. The number of carbonyl (C=O) groups excluding carboxylic acids is 2. The fourth-order valence-electron chi connectivity index (χ4n) is 4.22. The molecule has 2 aliphatic rings. The summed E-state index contributed by atoms with van der Waals surface area (Å²) < 4.78 is 11.3. The molecule has 0 atom stereocenters. The standard InChI is InChI=1S/C25H30ClN3O4/c26-18-8-11-21(12-9-18)32-15-5-4-14-29-22-16-20(10-13-23(22)33-17-24(29)30)28-25(31)27-19-6-2-1-3-7-19/h8-13,16,19H,1-7,14-15,17H2,(H2,27,28,31). The Bertz CT molecular complexity index is 961. The van der Waals surface area contributed by atoms with E-state index in [2.05, 4.69) is 10.6 Å². The predicted molar refractivity (Wildman–Crippen MR) is 129 cm³/mol. The van der Waals surface area contributed by atoms with Gasteiger partial charge in [0, 0.05) is 23.3 Å². The lowest BCUT2D eigenvalue weighted by atomic mass is 9.96. The molecule has 0 bridgehead atoms. The van der Waals surface area contributed by atoms with Crippen molar-refractivity contribution in [2.24, 2.45) is 0 Å². The number of nitrogens with zero attached hydrogens (tertiary/aromatic N) is 1. The highest BCUT2D eigenvalue weighted by molar-refractivity contribution is 6.30. The van der Waals surface area contributed by atoms with E-state index < -0.39 is 0 Å². The van der Waals surface area contributed by atoms with Gasteiger partial charge in [0.2, 0.25) is 0 Å². The highest BCUT2D eigenvalue weighted by Gasteiger charge is 2.26. The van der Waals surface area contributed by atoms with Crippen molar-refractivity contribution in [3.8, 4) is 11.5 Å². The van der Waals surface area contributed by atoms with Crippen molar-refractivity contribution in [2.45, 2.75) is 51.0 Å². The number of fused-ring (bicyclic) bond motifs is 1. The monoisotopic (exact) mass is 471 g/mol. The lowest BCUT2D eigenvalue weighted by molar-refractivity contribution is -0.121. The highest BCUT2D eigenvalue weighted by atomic mass is 35.5. The molecule has 2 aromatic carbocycles. The van der Waals surface area contributed by atoms with Crippen LogP contribution in [-0.2, 0) is 4.79 Å². The molecule has 0 spiro atoms. The van der Waals surface area contributed by atoms with Crippen LogP contribution in [0.3, 0.4) is 0 Å². The molecule has 1 saturated carbocycles. The molecule has 1 fully saturated rings. The topological polar surface area (TPSA) is 79.9 Å². The zero-order valence-electron chi connectivity index (χ0n) is 18.6. The van der Waals surface area contributed by atoms with Gasteiger partial charge in [-0.1, -0.05) is 30.9 Å². The number of amides is 3. The van der Waals surface area contributed by atoms with E-state index in [1.54, 1.807) is 35.2 Å². The van der Waals surface area contributed by atoms with Gasteiger partial charge in [0.15, 0.2) is 6.61 Å². The summed E-state index contributed by atoms with van der Waals surface area (Å²) in [6, 6.07) is 12.7. The number of anilines is 2. The Morgan fingerprint density at radius 3 is 2.67 bits per heavy atom. The number of nitrogens with one attached hydrogen (secondary N) is 2. The van der Waals surface area contributed by atoms with Crippen LogP contribution in [0.25, 0.3) is 0 Å². The molecule has 4 rings (SSSR count). The number of ether oxygens (including phenoxy) is 2. The number of unbranched alkanes of at least 4 members (excludes halogenated alkanes) is 1. The third kappa shape index (κ3) is 6.54. The van der Waals surface area contributed by atoms with Gasteiger partial charge < -0.3 is 25.0 Å². The lowest BCUT2D eigenvalue weighted by Crippen LogP contribution is -2.40. The second-order valence-corrected chi connectivity index (χ2v) is 8.90. The van der Waals surface area contributed by atoms with Crippen molar-refractivity contribution in [3.63, 3.8) is 0 Å². The Kier molecular flexibility index (Phi) is 7.94. The van der Waals surface area contributed by atoms with Crippen LogP contribution < -0.4 is 25.0 Å². The first-order valence-electron chi connectivity index (χ1n) is 11.6. The molecule has 0 aromatic heterocycles. The van der Waals surface area contributed by atoms with E-state index in [1.165, 1.54) is 6.42 Å². The van der Waals surface area contributed by atoms with Crippen molar-refractivity contribution in [3.05, 3.63) is 47.5 Å². The van der Waals surface area contributed by atoms with Crippen LogP contribution in [0.1, 0.15) is 44.9 Å². The van der Waals surface area contributed by atoms with Gasteiger partial charge in [-0.05, 0) is 68.1 Å². The molecule has 1 aliphatic carbocycles. The molecule has 0 radical (unpaired) electrons. The van der Waals surface area contributed by atoms with E-state index >= 15 is 0 Å². The summed E-state index contributed by atoms with van der Waals surface area (Å²) in [6.07, 6.45) is 7.17. The quantitative estimate of drug-likeness (QED) is 0.506. The fraction of sp³-hybridized carbons (Fsp3) is 0.440. The molecule has 2 aromatic rings. The highest BCUT2D eigenvalue weighted by Crippen LogP contribution is 2.35. The SMILES string of the molecule is O=C(Nc1ccc2c(c1)N(CCCCOc1ccc(Cl)cc1)C(=O)CO2)NC1CCCCC1. The minimum atomic E-state index is -0.212. The van der Waals surface area contributed by atoms with E-state index in [4.69, 9.17) is 21.1 Å². The molecular weight excluding hydrogens is 442 g/mol. The third-order valence-electron chi connectivity index (χ3n) is 5.96. The summed E-state index contributed by atoms with van der Waals surface area (Å²) in [7, 11) is 0. The van der Waals surface area contributed by atoms with Crippen molar-refractivity contribution in [1.82, 2.24) is 5.32 Å². The number of benzene rings is 2. The second kappa shape index (κ2) is 11.3. The Morgan fingerprint density at radius 1 is 1.09 bits per heavy atom. The van der Waals surface area contributed by atoms with E-state index in [0.717, 1.165) is 44.3 Å². The number of hydrogen-bond acceptors (Lipinski definition) is 4. The number of hydrogen-bond donors (Lipinski definition) is 2. The van der Waals surface area contributed by atoms with Crippen LogP contribution in [-0.4, -0.2) is 37.7 Å². The van der Waals surface area contributed by atoms with Crippen molar-refractivity contribution >= 4 is 34.9 Å². The maximum absolute atomic E-state index is 12.5. The number of halogens is 1. The molecule has 33 heavy (non-hydrogen) atoms. The Balaban J connectivity index is 1.30. The van der Waals surface area contributed by atoms with Crippen molar-refractivity contribution in [1.29, 1.82) is 0 Å². The molecule has 3 amide bonds. The van der Waals surface area contributed by atoms with Gasteiger partial charge in [0.1, 0.15) is 11.5 Å². The minimum Gasteiger partial charge on any atom is -0.494 e. The van der Waals surface area contributed by atoms with E-state index in [9.17, 15) is 9.59 Å². The van der Waals surface area contributed by atoms with E-state index in [1.807, 2.05) is 12.1 Å². The fourth-order valence-corrected chi connectivity index (χ4v) is 4.34. The smallest absolute Gasteiger partial charge is 0.319 e. The molecule has 2 N–H and O–H groups in total. The van der Waals surface area contributed by atoms with E-state index in [0.29, 0.717) is 35.3 Å². The predicted octanol–water partition coefficient (Wildman–Crippen LogP) is 5.38. The summed E-state index contributed by atoms with van der Waals surface area (Å²) in [5, 5.41) is 6.62. The molecular formula is C25H30ClN3O4. The Labute approximate surface area is 199 Å². The van der Waals surface area contributed by atoms with Crippen LogP contribution in [0.5, 0.6) is 11.5 Å². The Hall–Kier alpha value is -2.93. The Morgan fingerprint density at radius 2 is 1.88 bits per heavy atom. The first kappa shape index (κ1) is 23.2. The molecule has 176 valence electrons. The number of carbonyl (C=O) groups is 2. The van der Waals surface area contributed by atoms with Gasteiger partial charge in [-0.3, -0.25) is 4.79 Å². The molecule has 1 aliphatic heterocycles. The summed E-state index contributed by atoms with van der Waals surface area (Å²) >= 11 is 5.89. The van der Waals surface area contributed by atoms with Gasteiger partial charge in [-0.2, -0.15) is 0 Å². The van der Waals surface area contributed by atoms with Crippen LogP contribution in [0.15, 0.2) is 42.5 Å². The van der Waals surface area contributed by atoms with Crippen LogP contribution >= 0.6 is 11.6 Å². The third-order valence-corrected chi connectivity index (χ3v) is 6.21. The zero-order chi connectivity index (χ0) is 23.0. The molecule has 1 heterocycles. The molecule has 8 heteroatoms. The van der Waals surface area contributed by atoms with Crippen LogP contribution in [0.4, 0.5) is 16.2 Å².